The number of rotatable bonds is 2. The molecule has 12 heavy (non-hydrogen) atoms. The number of carbonyl (C=O) groups is 1. The van der Waals surface area contributed by atoms with Crippen molar-refractivity contribution < 1.29 is 4.79 Å². The Morgan fingerprint density at radius 1 is 1.58 bits per heavy atom. The monoisotopic (exact) mass is 229 g/mol. The first-order valence-electron chi connectivity index (χ1n) is 3.90. The largest absolute Gasteiger partial charge is 0.339 e. The maximum Gasteiger partial charge on any atom is 0.166 e. The van der Waals surface area contributed by atoms with Crippen molar-refractivity contribution >= 4 is 22.2 Å². The number of aldehydes is 1. The predicted octanol–water partition coefficient (Wildman–Crippen LogP) is 2.95. The van der Waals surface area contributed by atoms with Gasteiger partial charge in [-0.1, -0.05) is 0 Å². The Morgan fingerprint density at radius 2 is 2.17 bits per heavy atom. The van der Waals surface area contributed by atoms with E-state index in [1.807, 2.05) is 17.6 Å². The van der Waals surface area contributed by atoms with Crippen molar-refractivity contribution in [1.82, 2.24) is 4.57 Å². The average molecular weight is 230 g/mol. The molecule has 0 saturated heterocycles. The van der Waals surface area contributed by atoms with Gasteiger partial charge in [0.05, 0.1) is 5.69 Å². The molecule has 3 heteroatoms. The Balaban J connectivity index is 3.30. The minimum absolute atomic E-state index is 0.330. The Morgan fingerprint density at radius 3 is 2.50 bits per heavy atom. The van der Waals surface area contributed by atoms with Gasteiger partial charge in [0.15, 0.2) is 6.29 Å². The van der Waals surface area contributed by atoms with Gasteiger partial charge in [-0.15, -0.1) is 0 Å². The maximum atomic E-state index is 10.7. The smallest absolute Gasteiger partial charge is 0.166 e. The van der Waals surface area contributed by atoms with E-state index < -0.39 is 0 Å². The quantitative estimate of drug-likeness (QED) is 0.716. The van der Waals surface area contributed by atoms with Crippen LogP contribution in [-0.4, -0.2) is 10.9 Å². The fourth-order valence-electron chi connectivity index (χ4n) is 1.39. The summed E-state index contributed by atoms with van der Waals surface area (Å²) in [6, 6.07) is 2.18. The second-order valence-electron chi connectivity index (χ2n) is 3.08. The van der Waals surface area contributed by atoms with Crippen LogP contribution in [0, 0.1) is 6.92 Å². The number of halogens is 1. The molecule has 66 valence electrons. The van der Waals surface area contributed by atoms with Crippen molar-refractivity contribution in [3.63, 3.8) is 0 Å². The van der Waals surface area contributed by atoms with Gasteiger partial charge < -0.3 is 4.57 Å². The molecule has 0 aromatic carbocycles. The average Bonchev–Trinajstić information content (AvgIpc) is 2.28. The van der Waals surface area contributed by atoms with Gasteiger partial charge in [-0.25, -0.2) is 0 Å². The summed E-state index contributed by atoms with van der Waals surface area (Å²) < 4.78 is 3.01. The number of nitrogens with zero attached hydrogens (tertiary/aromatic N) is 1. The first-order chi connectivity index (χ1) is 5.57. The molecule has 0 aliphatic heterocycles. The van der Waals surface area contributed by atoms with E-state index in [9.17, 15) is 4.79 Å². The standard InChI is InChI=1S/C9H12BrNO/c1-6(2)11-7(3)9(10)4-8(11)5-12/h4-6H,1-3H3. The summed E-state index contributed by atoms with van der Waals surface area (Å²) in [5, 5.41) is 0. The van der Waals surface area contributed by atoms with Gasteiger partial charge in [0, 0.05) is 16.2 Å². The number of hydrogen-bond acceptors (Lipinski definition) is 1. The Bertz CT molecular complexity index is 302. The lowest BCUT2D eigenvalue weighted by Crippen LogP contribution is -2.06. The zero-order valence-corrected chi connectivity index (χ0v) is 9.05. The molecule has 1 rings (SSSR count). The second-order valence-corrected chi connectivity index (χ2v) is 3.94. The van der Waals surface area contributed by atoms with Crippen molar-refractivity contribution in [2.75, 3.05) is 0 Å². The van der Waals surface area contributed by atoms with Gasteiger partial charge in [-0.3, -0.25) is 4.79 Å². The Hall–Kier alpha value is -0.570. The van der Waals surface area contributed by atoms with Crippen LogP contribution in [0.15, 0.2) is 10.5 Å². The highest BCUT2D eigenvalue weighted by Crippen LogP contribution is 2.23. The summed E-state index contributed by atoms with van der Waals surface area (Å²) in [5.74, 6) is 0. The molecule has 0 bridgehead atoms. The molecule has 0 fully saturated rings. The van der Waals surface area contributed by atoms with E-state index >= 15 is 0 Å². The highest BCUT2D eigenvalue weighted by atomic mass is 79.9. The number of aromatic nitrogens is 1. The molecule has 1 aromatic heterocycles. The van der Waals surface area contributed by atoms with E-state index in [0.717, 1.165) is 22.1 Å². The van der Waals surface area contributed by atoms with E-state index in [-0.39, 0.29) is 0 Å². The van der Waals surface area contributed by atoms with Crippen LogP contribution in [-0.2, 0) is 0 Å². The summed E-state index contributed by atoms with van der Waals surface area (Å²) in [7, 11) is 0. The van der Waals surface area contributed by atoms with E-state index in [1.165, 1.54) is 0 Å². The Labute approximate surface area is 80.7 Å². The molecule has 0 spiro atoms. The fraction of sp³-hybridized carbons (Fsp3) is 0.444. The minimum atomic E-state index is 0.330. The molecule has 0 amide bonds. The van der Waals surface area contributed by atoms with Crippen LogP contribution >= 0.6 is 15.9 Å². The van der Waals surface area contributed by atoms with Gasteiger partial charge in [0.1, 0.15) is 0 Å². The van der Waals surface area contributed by atoms with Crippen molar-refractivity contribution in [3.8, 4) is 0 Å². The van der Waals surface area contributed by atoms with Crippen LogP contribution in [0.1, 0.15) is 36.1 Å². The molecule has 0 aliphatic rings. The third kappa shape index (κ3) is 1.46. The van der Waals surface area contributed by atoms with Gasteiger partial charge in [0.25, 0.3) is 0 Å². The lowest BCUT2D eigenvalue weighted by molar-refractivity contribution is 0.111. The third-order valence-corrected chi connectivity index (χ3v) is 2.70. The van der Waals surface area contributed by atoms with Crippen molar-refractivity contribution in [3.05, 3.63) is 21.9 Å². The molecule has 1 aromatic rings. The molecule has 0 aliphatic carbocycles. The summed E-state index contributed by atoms with van der Waals surface area (Å²) in [6.45, 7) is 6.12. The van der Waals surface area contributed by atoms with Crippen LogP contribution < -0.4 is 0 Å². The van der Waals surface area contributed by atoms with Crippen LogP contribution in [0.4, 0.5) is 0 Å². The summed E-state index contributed by atoms with van der Waals surface area (Å²) in [5.41, 5.74) is 1.83. The lowest BCUT2D eigenvalue weighted by Gasteiger charge is -2.12. The fourth-order valence-corrected chi connectivity index (χ4v) is 1.81. The van der Waals surface area contributed by atoms with E-state index in [4.69, 9.17) is 0 Å². The van der Waals surface area contributed by atoms with Crippen LogP contribution in [0.2, 0.25) is 0 Å². The van der Waals surface area contributed by atoms with E-state index in [2.05, 4.69) is 29.8 Å². The first kappa shape index (κ1) is 9.52. The topological polar surface area (TPSA) is 22.0 Å². The molecule has 0 unspecified atom stereocenters. The van der Waals surface area contributed by atoms with Gasteiger partial charge >= 0.3 is 0 Å². The first-order valence-corrected chi connectivity index (χ1v) is 4.69. The maximum absolute atomic E-state index is 10.7. The molecule has 0 atom stereocenters. The Kier molecular flexibility index (Phi) is 2.73. The highest BCUT2D eigenvalue weighted by Gasteiger charge is 2.10. The zero-order valence-electron chi connectivity index (χ0n) is 7.47. The highest BCUT2D eigenvalue weighted by molar-refractivity contribution is 9.10. The van der Waals surface area contributed by atoms with E-state index in [1.54, 1.807) is 0 Å². The molecule has 0 N–H and O–H groups in total. The van der Waals surface area contributed by atoms with Crippen molar-refractivity contribution in [1.29, 1.82) is 0 Å². The normalized spacial score (nSPS) is 10.8. The lowest BCUT2D eigenvalue weighted by atomic mass is 10.3. The van der Waals surface area contributed by atoms with Gasteiger partial charge in [-0.2, -0.15) is 0 Å². The van der Waals surface area contributed by atoms with Crippen molar-refractivity contribution in [2.24, 2.45) is 0 Å². The van der Waals surface area contributed by atoms with Crippen LogP contribution in [0.5, 0.6) is 0 Å². The third-order valence-electron chi connectivity index (χ3n) is 1.90. The zero-order chi connectivity index (χ0) is 9.30. The molecule has 0 radical (unpaired) electrons. The van der Waals surface area contributed by atoms with E-state index in [0.29, 0.717) is 6.04 Å². The van der Waals surface area contributed by atoms with Crippen molar-refractivity contribution in [2.45, 2.75) is 26.8 Å². The molecule has 1 heterocycles. The minimum Gasteiger partial charge on any atom is -0.339 e. The molecular formula is C9H12BrNO. The summed E-state index contributed by atoms with van der Waals surface area (Å²) in [6.07, 6.45) is 0.887. The predicted molar refractivity (Wildman–Crippen MR) is 52.6 cm³/mol. The summed E-state index contributed by atoms with van der Waals surface area (Å²) >= 11 is 3.40. The van der Waals surface area contributed by atoms with Crippen LogP contribution in [0.3, 0.4) is 0 Å². The number of hydrogen-bond donors (Lipinski definition) is 0. The second kappa shape index (κ2) is 3.44. The SMILES string of the molecule is Cc1c(Br)cc(C=O)n1C(C)C. The molecule has 0 saturated carbocycles. The van der Waals surface area contributed by atoms with Gasteiger partial charge in [-0.05, 0) is 42.8 Å². The van der Waals surface area contributed by atoms with Gasteiger partial charge in [0.2, 0.25) is 0 Å². The number of carbonyl (C=O) groups excluding carboxylic acids is 1. The molecule has 2 nitrogen and oxygen atoms in total. The molecular weight excluding hydrogens is 218 g/mol. The summed E-state index contributed by atoms with van der Waals surface area (Å²) in [4.78, 5) is 10.7. The van der Waals surface area contributed by atoms with Crippen LogP contribution in [0.25, 0.3) is 0 Å².